The molecule has 1 aliphatic rings. The zero-order valence-corrected chi connectivity index (χ0v) is 13.6. The van der Waals surface area contributed by atoms with Crippen molar-refractivity contribution in [2.75, 3.05) is 0 Å². The number of aromatic nitrogens is 4. The van der Waals surface area contributed by atoms with Crippen LogP contribution < -0.4 is 5.32 Å². The topological polar surface area (TPSA) is 47.7 Å². The van der Waals surface area contributed by atoms with Crippen LogP contribution in [0.4, 0.5) is 4.39 Å². The van der Waals surface area contributed by atoms with E-state index in [0.717, 1.165) is 24.2 Å². The lowest BCUT2D eigenvalue weighted by molar-refractivity contribution is 0.547. The zero-order chi connectivity index (χ0) is 16.5. The summed E-state index contributed by atoms with van der Waals surface area (Å²) in [5.41, 5.74) is 3.73. The molecule has 0 spiro atoms. The van der Waals surface area contributed by atoms with Crippen LogP contribution in [0.1, 0.15) is 36.3 Å². The molecule has 3 heterocycles. The van der Waals surface area contributed by atoms with Crippen molar-refractivity contribution >= 4 is 0 Å². The Balaban J connectivity index is 1.44. The number of rotatable bonds is 5. The summed E-state index contributed by atoms with van der Waals surface area (Å²) in [7, 11) is 0. The minimum Gasteiger partial charge on any atom is -0.304 e. The number of hydrogen-bond acceptors (Lipinski definition) is 3. The first-order valence-electron chi connectivity index (χ1n) is 8.29. The molecule has 0 amide bonds. The van der Waals surface area contributed by atoms with Crippen LogP contribution in [-0.4, -0.2) is 19.6 Å². The Hall–Kier alpha value is -2.47. The molecule has 4 rings (SSSR count). The van der Waals surface area contributed by atoms with Gasteiger partial charge in [-0.1, -0.05) is 6.07 Å². The number of benzene rings is 1. The lowest BCUT2D eigenvalue weighted by atomic mass is 10.1. The minimum atomic E-state index is -0.272. The molecule has 5 nitrogen and oxygen atoms in total. The van der Waals surface area contributed by atoms with Gasteiger partial charge in [0.2, 0.25) is 0 Å². The highest BCUT2D eigenvalue weighted by Gasteiger charge is 2.15. The van der Waals surface area contributed by atoms with Crippen LogP contribution in [0.25, 0.3) is 5.69 Å². The molecular weight excluding hydrogens is 305 g/mol. The summed E-state index contributed by atoms with van der Waals surface area (Å²) in [5, 5.41) is 12.1. The van der Waals surface area contributed by atoms with Crippen molar-refractivity contribution in [1.82, 2.24) is 24.9 Å². The Morgan fingerprint density at radius 1 is 1.33 bits per heavy atom. The SMILES string of the molecule is C[C@H](NCc1cc2n(n1)CCC2)c1ccc(-n2cccn2)c(F)c1. The first-order chi connectivity index (χ1) is 11.7. The first-order valence-corrected chi connectivity index (χ1v) is 8.29. The second-order valence-electron chi connectivity index (χ2n) is 6.22. The third kappa shape index (κ3) is 2.85. The van der Waals surface area contributed by atoms with E-state index in [4.69, 9.17) is 0 Å². The van der Waals surface area contributed by atoms with Crippen molar-refractivity contribution in [3.63, 3.8) is 0 Å². The normalized spacial score (nSPS) is 14.8. The van der Waals surface area contributed by atoms with Gasteiger partial charge >= 0.3 is 0 Å². The third-order valence-corrected chi connectivity index (χ3v) is 4.53. The number of nitrogens with one attached hydrogen (secondary N) is 1. The predicted molar refractivity (Wildman–Crippen MR) is 89.3 cm³/mol. The van der Waals surface area contributed by atoms with Gasteiger partial charge in [-0.15, -0.1) is 0 Å². The highest BCUT2D eigenvalue weighted by molar-refractivity contribution is 5.36. The van der Waals surface area contributed by atoms with E-state index >= 15 is 0 Å². The number of halogens is 1. The predicted octanol–water partition coefficient (Wildman–Crippen LogP) is 3.00. The Morgan fingerprint density at radius 2 is 2.25 bits per heavy atom. The summed E-state index contributed by atoms with van der Waals surface area (Å²) in [6.07, 6.45) is 5.68. The molecule has 124 valence electrons. The Kier molecular flexibility index (Phi) is 3.90. The maximum Gasteiger partial charge on any atom is 0.149 e. The Labute approximate surface area is 140 Å². The van der Waals surface area contributed by atoms with Gasteiger partial charge in [0.15, 0.2) is 0 Å². The Bertz CT molecular complexity index is 816. The monoisotopic (exact) mass is 325 g/mol. The summed E-state index contributed by atoms with van der Waals surface area (Å²) < 4.78 is 18.0. The van der Waals surface area contributed by atoms with Gasteiger partial charge in [-0.2, -0.15) is 10.2 Å². The fourth-order valence-electron chi connectivity index (χ4n) is 3.17. The highest BCUT2D eigenvalue weighted by atomic mass is 19.1. The number of nitrogens with zero attached hydrogens (tertiary/aromatic N) is 4. The van der Waals surface area contributed by atoms with E-state index in [2.05, 4.69) is 26.3 Å². The van der Waals surface area contributed by atoms with E-state index in [9.17, 15) is 4.39 Å². The molecule has 1 aliphatic heterocycles. The van der Waals surface area contributed by atoms with E-state index in [1.54, 1.807) is 30.6 Å². The molecule has 2 aromatic heterocycles. The Morgan fingerprint density at radius 3 is 3.00 bits per heavy atom. The molecule has 0 aliphatic carbocycles. The van der Waals surface area contributed by atoms with Crippen LogP contribution in [0, 0.1) is 5.82 Å². The summed E-state index contributed by atoms with van der Waals surface area (Å²) in [4.78, 5) is 0. The zero-order valence-electron chi connectivity index (χ0n) is 13.6. The summed E-state index contributed by atoms with van der Waals surface area (Å²) in [6, 6.07) is 9.25. The van der Waals surface area contributed by atoms with Gasteiger partial charge in [-0.05, 0) is 49.6 Å². The van der Waals surface area contributed by atoms with Gasteiger partial charge in [-0.25, -0.2) is 9.07 Å². The smallest absolute Gasteiger partial charge is 0.149 e. The minimum absolute atomic E-state index is 0.0442. The van der Waals surface area contributed by atoms with Crippen LogP contribution in [0.5, 0.6) is 0 Å². The van der Waals surface area contributed by atoms with Crippen molar-refractivity contribution in [2.45, 2.75) is 38.9 Å². The molecule has 3 aromatic rings. The van der Waals surface area contributed by atoms with Crippen LogP contribution in [0.2, 0.25) is 0 Å². The van der Waals surface area contributed by atoms with E-state index in [1.807, 2.05) is 13.0 Å². The van der Waals surface area contributed by atoms with Gasteiger partial charge in [0.25, 0.3) is 0 Å². The van der Waals surface area contributed by atoms with Crippen LogP contribution in [0.15, 0.2) is 42.7 Å². The van der Waals surface area contributed by atoms with E-state index in [0.29, 0.717) is 12.2 Å². The lowest BCUT2D eigenvalue weighted by Gasteiger charge is -2.14. The van der Waals surface area contributed by atoms with Crippen LogP contribution >= 0.6 is 0 Å². The number of hydrogen-bond donors (Lipinski definition) is 1. The molecule has 0 bridgehead atoms. The molecule has 0 fully saturated rings. The quantitative estimate of drug-likeness (QED) is 0.784. The average molecular weight is 325 g/mol. The van der Waals surface area contributed by atoms with E-state index < -0.39 is 0 Å². The summed E-state index contributed by atoms with van der Waals surface area (Å²) in [6.45, 7) is 3.74. The number of aryl methyl sites for hydroxylation is 2. The van der Waals surface area contributed by atoms with Gasteiger partial charge < -0.3 is 5.32 Å². The molecule has 1 N–H and O–H groups in total. The molecule has 24 heavy (non-hydrogen) atoms. The molecule has 0 saturated heterocycles. The molecular formula is C18H20FN5. The van der Waals surface area contributed by atoms with E-state index in [1.165, 1.54) is 16.8 Å². The van der Waals surface area contributed by atoms with Crippen molar-refractivity contribution in [2.24, 2.45) is 0 Å². The molecule has 1 aromatic carbocycles. The second kappa shape index (κ2) is 6.20. The van der Waals surface area contributed by atoms with Gasteiger partial charge in [0.1, 0.15) is 11.5 Å². The highest BCUT2D eigenvalue weighted by Crippen LogP contribution is 2.20. The maximum absolute atomic E-state index is 14.3. The fourth-order valence-corrected chi connectivity index (χ4v) is 3.17. The largest absolute Gasteiger partial charge is 0.304 e. The second-order valence-corrected chi connectivity index (χ2v) is 6.22. The molecule has 0 radical (unpaired) electrons. The van der Waals surface area contributed by atoms with Gasteiger partial charge in [0, 0.05) is 37.2 Å². The lowest BCUT2D eigenvalue weighted by Crippen LogP contribution is -2.19. The summed E-state index contributed by atoms with van der Waals surface area (Å²) >= 11 is 0. The van der Waals surface area contributed by atoms with Crippen LogP contribution in [-0.2, 0) is 19.5 Å². The van der Waals surface area contributed by atoms with Crippen LogP contribution in [0.3, 0.4) is 0 Å². The van der Waals surface area contributed by atoms with Gasteiger partial charge in [-0.3, -0.25) is 4.68 Å². The van der Waals surface area contributed by atoms with Crippen molar-refractivity contribution < 1.29 is 4.39 Å². The summed E-state index contributed by atoms with van der Waals surface area (Å²) in [5.74, 6) is -0.272. The molecule has 0 saturated carbocycles. The molecule has 6 heteroatoms. The van der Waals surface area contributed by atoms with Gasteiger partial charge in [0.05, 0.1) is 5.69 Å². The van der Waals surface area contributed by atoms with Crippen molar-refractivity contribution in [3.8, 4) is 5.69 Å². The van der Waals surface area contributed by atoms with Crippen molar-refractivity contribution in [3.05, 3.63) is 65.5 Å². The maximum atomic E-state index is 14.3. The molecule has 1 atom stereocenters. The standard InChI is InChI=1S/C18H20FN5/c1-13(20-12-15-11-16-4-2-8-23(16)22-15)14-5-6-18(17(19)10-14)24-9-3-7-21-24/h3,5-7,9-11,13,20H,2,4,8,12H2,1H3/t13-/m0/s1. The first kappa shape index (κ1) is 15.1. The fraction of sp³-hybridized carbons (Fsp3) is 0.333. The molecule has 0 unspecified atom stereocenters. The third-order valence-electron chi connectivity index (χ3n) is 4.53. The number of fused-ring (bicyclic) bond motifs is 1. The van der Waals surface area contributed by atoms with Crippen molar-refractivity contribution in [1.29, 1.82) is 0 Å². The average Bonchev–Trinajstić information content (AvgIpc) is 3.29. The van der Waals surface area contributed by atoms with E-state index in [-0.39, 0.29) is 11.9 Å².